The first-order valence-corrected chi connectivity index (χ1v) is 8.39. The van der Waals surface area contributed by atoms with E-state index in [9.17, 15) is 0 Å². The van der Waals surface area contributed by atoms with Crippen LogP contribution in [0.2, 0.25) is 0 Å². The van der Waals surface area contributed by atoms with Gasteiger partial charge in [-0.15, -0.1) is 5.10 Å². The average molecular weight is 309 g/mol. The second-order valence-electron chi connectivity index (χ2n) is 5.93. The van der Waals surface area contributed by atoms with Crippen molar-refractivity contribution in [2.75, 3.05) is 6.61 Å². The average Bonchev–Trinajstić information content (AvgIpc) is 2.95. The fraction of sp³-hybridized carbons (Fsp3) is 0.474. The van der Waals surface area contributed by atoms with Crippen molar-refractivity contribution >= 4 is 0 Å². The minimum atomic E-state index is 0.267. The number of ether oxygens (including phenoxy) is 1. The van der Waals surface area contributed by atoms with Gasteiger partial charge >= 0.3 is 0 Å². The summed E-state index contributed by atoms with van der Waals surface area (Å²) >= 11 is 0. The Labute approximate surface area is 137 Å². The molecule has 0 N–H and O–H groups in total. The lowest BCUT2D eigenvalue weighted by Crippen LogP contribution is -2.25. The summed E-state index contributed by atoms with van der Waals surface area (Å²) in [4.78, 5) is 0. The molecular weight excluding hydrogens is 286 g/mol. The highest BCUT2D eigenvalue weighted by molar-refractivity contribution is 5.62. The minimum Gasteiger partial charge on any atom is -0.376 e. The zero-order valence-corrected chi connectivity index (χ0v) is 13.9. The largest absolute Gasteiger partial charge is 0.376 e. The minimum absolute atomic E-state index is 0.267. The summed E-state index contributed by atoms with van der Waals surface area (Å²) in [6, 6.07) is 8.22. The molecule has 1 aliphatic rings. The molecule has 1 unspecified atom stereocenters. The highest BCUT2D eigenvalue weighted by atomic mass is 16.5. The van der Waals surface area contributed by atoms with Crippen molar-refractivity contribution in [1.82, 2.24) is 15.0 Å². The molecule has 1 atom stereocenters. The van der Waals surface area contributed by atoms with Crippen molar-refractivity contribution < 1.29 is 4.74 Å². The van der Waals surface area contributed by atoms with Crippen molar-refractivity contribution in [3.8, 4) is 23.1 Å². The quantitative estimate of drug-likeness (QED) is 0.814. The zero-order chi connectivity index (χ0) is 16.1. The Kier molecular flexibility index (Phi) is 5.09. The Morgan fingerprint density at radius 1 is 1.26 bits per heavy atom. The molecule has 0 saturated carbocycles. The molecule has 1 aromatic carbocycles. The normalized spacial score (nSPS) is 17.6. The van der Waals surface area contributed by atoms with E-state index in [1.807, 2.05) is 16.8 Å². The summed E-state index contributed by atoms with van der Waals surface area (Å²) < 4.78 is 7.77. The summed E-state index contributed by atoms with van der Waals surface area (Å²) in [6.07, 6.45) is 4.66. The van der Waals surface area contributed by atoms with Crippen molar-refractivity contribution in [2.45, 2.75) is 52.2 Å². The summed E-state index contributed by atoms with van der Waals surface area (Å²) in [7, 11) is 0. The van der Waals surface area contributed by atoms with Crippen LogP contribution >= 0.6 is 0 Å². The molecule has 23 heavy (non-hydrogen) atoms. The molecule has 0 spiro atoms. The SMILES string of the molecule is CCC#Cc1ccc(-c2nnn(CC3CCCCO3)c2C)cc1. The first-order valence-electron chi connectivity index (χ1n) is 8.39. The Bertz CT molecular complexity index is 700. The van der Waals surface area contributed by atoms with Gasteiger partial charge < -0.3 is 4.74 Å². The molecule has 1 fully saturated rings. The molecule has 120 valence electrons. The van der Waals surface area contributed by atoms with Crippen LogP contribution in [0.5, 0.6) is 0 Å². The molecule has 4 nitrogen and oxygen atoms in total. The van der Waals surface area contributed by atoms with Crippen LogP contribution in [0, 0.1) is 18.8 Å². The Morgan fingerprint density at radius 3 is 2.78 bits per heavy atom. The fourth-order valence-electron chi connectivity index (χ4n) is 2.85. The van der Waals surface area contributed by atoms with Crippen molar-refractivity contribution in [3.05, 3.63) is 35.5 Å². The van der Waals surface area contributed by atoms with Crippen LogP contribution in [0.1, 0.15) is 43.9 Å². The topological polar surface area (TPSA) is 39.9 Å². The van der Waals surface area contributed by atoms with Crippen LogP contribution < -0.4 is 0 Å². The summed E-state index contributed by atoms with van der Waals surface area (Å²) in [6.45, 7) is 5.78. The van der Waals surface area contributed by atoms with E-state index < -0.39 is 0 Å². The highest BCUT2D eigenvalue weighted by Crippen LogP contribution is 2.22. The highest BCUT2D eigenvalue weighted by Gasteiger charge is 2.18. The first-order chi connectivity index (χ1) is 11.3. The molecular formula is C19H23N3O. The Balaban J connectivity index is 1.75. The van der Waals surface area contributed by atoms with E-state index in [1.54, 1.807) is 0 Å². The molecule has 1 saturated heterocycles. The monoisotopic (exact) mass is 309 g/mol. The maximum Gasteiger partial charge on any atom is 0.115 e. The van der Waals surface area contributed by atoms with Crippen LogP contribution in [0.3, 0.4) is 0 Å². The summed E-state index contributed by atoms with van der Waals surface area (Å²) in [5.41, 5.74) is 4.15. The van der Waals surface area contributed by atoms with Gasteiger partial charge in [0.25, 0.3) is 0 Å². The van der Waals surface area contributed by atoms with E-state index >= 15 is 0 Å². The third-order valence-electron chi connectivity index (χ3n) is 4.20. The molecule has 0 radical (unpaired) electrons. The number of hydrogen-bond donors (Lipinski definition) is 0. The number of benzene rings is 1. The van der Waals surface area contributed by atoms with Gasteiger partial charge in [0.15, 0.2) is 0 Å². The Hall–Kier alpha value is -2.12. The second kappa shape index (κ2) is 7.43. The van der Waals surface area contributed by atoms with E-state index in [4.69, 9.17) is 4.74 Å². The standard InChI is InChI=1S/C19H23N3O/c1-3-4-7-16-9-11-17(12-10-16)19-15(2)22(21-20-19)14-18-8-5-6-13-23-18/h9-12,18H,3,5-6,8,13-14H2,1-2H3. The molecule has 1 aromatic heterocycles. The first kappa shape index (κ1) is 15.8. The number of nitrogens with zero attached hydrogens (tertiary/aromatic N) is 3. The van der Waals surface area contributed by atoms with Crippen molar-refractivity contribution in [1.29, 1.82) is 0 Å². The van der Waals surface area contributed by atoms with Gasteiger partial charge in [-0.3, -0.25) is 0 Å². The molecule has 3 rings (SSSR count). The van der Waals surface area contributed by atoms with Gasteiger partial charge in [0, 0.05) is 24.2 Å². The lowest BCUT2D eigenvalue weighted by atomic mass is 10.1. The van der Waals surface area contributed by atoms with Gasteiger partial charge in [-0.2, -0.15) is 0 Å². The van der Waals surface area contributed by atoms with E-state index in [0.29, 0.717) is 0 Å². The molecule has 4 heteroatoms. The fourth-order valence-corrected chi connectivity index (χ4v) is 2.85. The van der Waals surface area contributed by atoms with Crippen LogP contribution in [0.25, 0.3) is 11.3 Å². The van der Waals surface area contributed by atoms with E-state index in [0.717, 1.165) is 48.5 Å². The Morgan fingerprint density at radius 2 is 2.09 bits per heavy atom. The van der Waals surface area contributed by atoms with E-state index in [-0.39, 0.29) is 6.10 Å². The van der Waals surface area contributed by atoms with Crippen molar-refractivity contribution in [2.24, 2.45) is 0 Å². The molecule has 0 aliphatic carbocycles. The van der Waals surface area contributed by atoms with E-state index in [1.165, 1.54) is 12.8 Å². The number of aromatic nitrogens is 3. The van der Waals surface area contributed by atoms with Crippen LogP contribution in [-0.2, 0) is 11.3 Å². The number of rotatable bonds is 3. The van der Waals surface area contributed by atoms with Gasteiger partial charge in [0.1, 0.15) is 5.69 Å². The summed E-state index contributed by atoms with van der Waals surface area (Å²) in [5.74, 6) is 6.23. The maximum absolute atomic E-state index is 5.80. The van der Waals surface area contributed by atoms with Crippen molar-refractivity contribution in [3.63, 3.8) is 0 Å². The molecule has 2 heterocycles. The molecule has 0 amide bonds. The van der Waals surface area contributed by atoms with Crippen LogP contribution in [0.4, 0.5) is 0 Å². The van der Waals surface area contributed by atoms with Gasteiger partial charge in [-0.25, -0.2) is 4.68 Å². The van der Waals surface area contributed by atoms with Crippen LogP contribution in [-0.4, -0.2) is 27.7 Å². The lowest BCUT2D eigenvalue weighted by molar-refractivity contribution is 0.00337. The third kappa shape index (κ3) is 3.80. The zero-order valence-electron chi connectivity index (χ0n) is 13.9. The van der Waals surface area contributed by atoms with Gasteiger partial charge in [0.05, 0.1) is 18.3 Å². The predicted octanol–water partition coefficient (Wildman–Crippen LogP) is 3.58. The molecule has 0 bridgehead atoms. The third-order valence-corrected chi connectivity index (χ3v) is 4.20. The van der Waals surface area contributed by atoms with Gasteiger partial charge in [-0.05, 0) is 38.3 Å². The summed E-state index contributed by atoms with van der Waals surface area (Å²) in [5, 5.41) is 8.68. The maximum atomic E-state index is 5.80. The van der Waals surface area contributed by atoms with Gasteiger partial charge in [-0.1, -0.05) is 36.1 Å². The van der Waals surface area contributed by atoms with Gasteiger partial charge in [0.2, 0.25) is 0 Å². The predicted molar refractivity (Wildman–Crippen MR) is 91.0 cm³/mol. The van der Waals surface area contributed by atoms with E-state index in [2.05, 4.69) is 48.1 Å². The molecule has 2 aromatic rings. The van der Waals surface area contributed by atoms with Crippen LogP contribution in [0.15, 0.2) is 24.3 Å². The number of hydrogen-bond acceptors (Lipinski definition) is 3. The molecule has 1 aliphatic heterocycles. The smallest absolute Gasteiger partial charge is 0.115 e. The lowest BCUT2D eigenvalue weighted by Gasteiger charge is -2.22. The second-order valence-corrected chi connectivity index (χ2v) is 5.93.